The molecule has 2 aromatic carbocycles. The molecule has 3 rings (SSSR count). The summed E-state index contributed by atoms with van der Waals surface area (Å²) in [5.41, 5.74) is 0.493. The molecule has 0 bridgehead atoms. The van der Waals surface area contributed by atoms with E-state index in [1.165, 1.54) is 0 Å². The molecule has 1 aliphatic heterocycles. The standard InChI is InChI=1S/C21H23NO5/c1-4-25-19(23)21(20(24)26-5-2)18(15-12-10-14(3)11-13-15)22-16-8-6-7-9-17(16)27-21/h6-13,18,22H,4-5H2,1-3H3/t18-/m1/s1. The van der Waals surface area contributed by atoms with E-state index in [0.29, 0.717) is 11.4 Å². The summed E-state index contributed by atoms with van der Waals surface area (Å²) in [7, 11) is 0. The summed E-state index contributed by atoms with van der Waals surface area (Å²) in [5, 5.41) is 3.28. The minimum absolute atomic E-state index is 0.117. The Bertz CT molecular complexity index is 813. The number of nitrogens with one attached hydrogen (secondary N) is 1. The van der Waals surface area contributed by atoms with Gasteiger partial charge in [0.15, 0.2) is 0 Å². The number of hydrogen-bond acceptors (Lipinski definition) is 6. The number of ether oxygens (including phenoxy) is 3. The van der Waals surface area contributed by atoms with Gasteiger partial charge in [-0.2, -0.15) is 0 Å². The van der Waals surface area contributed by atoms with Crippen LogP contribution < -0.4 is 10.1 Å². The Morgan fingerprint density at radius 1 is 1.00 bits per heavy atom. The molecule has 0 saturated carbocycles. The van der Waals surface area contributed by atoms with Crippen LogP contribution >= 0.6 is 0 Å². The molecule has 1 heterocycles. The molecule has 1 atom stereocenters. The van der Waals surface area contributed by atoms with Crippen LogP contribution in [0.2, 0.25) is 0 Å². The number of aryl methyl sites for hydroxylation is 1. The summed E-state index contributed by atoms with van der Waals surface area (Å²) in [5.74, 6) is -1.17. The maximum Gasteiger partial charge on any atom is 0.365 e. The zero-order valence-corrected chi connectivity index (χ0v) is 15.7. The second-order valence-corrected chi connectivity index (χ2v) is 6.26. The van der Waals surface area contributed by atoms with Gasteiger partial charge in [0, 0.05) is 0 Å². The van der Waals surface area contributed by atoms with Gasteiger partial charge >= 0.3 is 17.5 Å². The van der Waals surface area contributed by atoms with Crippen LogP contribution in [0, 0.1) is 6.92 Å². The molecule has 0 unspecified atom stereocenters. The number of para-hydroxylation sites is 2. The molecule has 142 valence electrons. The summed E-state index contributed by atoms with van der Waals surface area (Å²) >= 11 is 0. The minimum Gasteiger partial charge on any atom is -0.462 e. The van der Waals surface area contributed by atoms with Crippen LogP contribution in [0.1, 0.15) is 31.0 Å². The highest BCUT2D eigenvalue weighted by Gasteiger charge is 2.61. The van der Waals surface area contributed by atoms with E-state index in [0.717, 1.165) is 11.1 Å². The predicted molar refractivity (Wildman–Crippen MR) is 101 cm³/mol. The zero-order valence-electron chi connectivity index (χ0n) is 15.7. The first-order chi connectivity index (χ1) is 13.0. The first-order valence-corrected chi connectivity index (χ1v) is 8.98. The second kappa shape index (κ2) is 7.70. The largest absolute Gasteiger partial charge is 0.462 e. The molecule has 0 aliphatic carbocycles. The van der Waals surface area contributed by atoms with Crippen molar-refractivity contribution < 1.29 is 23.8 Å². The number of anilines is 1. The van der Waals surface area contributed by atoms with Crippen molar-refractivity contribution in [1.29, 1.82) is 0 Å². The van der Waals surface area contributed by atoms with Gasteiger partial charge in [-0.25, -0.2) is 9.59 Å². The lowest BCUT2D eigenvalue weighted by Crippen LogP contribution is -2.61. The van der Waals surface area contributed by atoms with Crippen molar-refractivity contribution in [3.05, 3.63) is 59.7 Å². The SMILES string of the molecule is CCOC(=O)C1(C(=O)OCC)Oc2ccccc2N[C@@H]1c1ccc(C)cc1. The van der Waals surface area contributed by atoms with Gasteiger partial charge in [-0.05, 0) is 38.5 Å². The summed E-state index contributed by atoms with van der Waals surface area (Å²) in [6, 6.07) is 13.9. The maximum atomic E-state index is 13.0. The van der Waals surface area contributed by atoms with Crippen LogP contribution in [0.25, 0.3) is 0 Å². The van der Waals surface area contributed by atoms with Crippen LogP contribution in [-0.2, 0) is 19.1 Å². The lowest BCUT2D eigenvalue weighted by Gasteiger charge is -2.41. The van der Waals surface area contributed by atoms with Gasteiger partial charge in [0.1, 0.15) is 11.8 Å². The van der Waals surface area contributed by atoms with Gasteiger partial charge in [-0.1, -0.05) is 42.0 Å². The Kier molecular flexibility index (Phi) is 5.35. The maximum absolute atomic E-state index is 13.0. The first kappa shape index (κ1) is 18.8. The Hall–Kier alpha value is -3.02. The number of esters is 2. The van der Waals surface area contributed by atoms with Crippen LogP contribution in [0.15, 0.2) is 48.5 Å². The van der Waals surface area contributed by atoms with Crippen molar-refractivity contribution in [2.45, 2.75) is 32.4 Å². The van der Waals surface area contributed by atoms with Crippen molar-refractivity contribution in [1.82, 2.24) is 0 Å². The molecule has 27 heavy (non-hydrogen) atoms. The van der Waals surface area contributed by atoms with E-state index < -0.39 is 23.6 Å². The minimum atomic E-state index is -1.98. The van der Waals surface area contributed by atoms with Gasteiger partial charge in [-0.15, -0.1) is 0 Å². The number of hydrogen-bond donors (Lipinski definition) is 1. The molecule has 0 amide bonds. The third-order valence-corrected chi connectivity index (χ3v) is 4.43. The summed E-state index contributed by atoms with van der Waals surface area (Å²) < 4.78 is 16.5. The van der Waals surface area contributed by atoms with Crippen LogP contribution in [0.4, 0.5) is 5.69 Å². The van der Waals surface area contributed by atoms with Gasteiger partial charge < -0.3 is 19.5 Å². The fourth-order valence-electron chi connectivity index (χ4n) is 3.12. The molecular weight excluding hydrogens is 346 g/mol. The molecule has 0 radical (unpaired) electrons. The molecule has 6 heteroatoms. The van der Waals surface area contributed by atoms with E-state index in [2.05, 4.69) is 5.32 Å². The van der Waals surface area contributed by atoms with Gasteiger partial charge in [0.25, 0.3) is 0 Å². The highest BCUT2D eigenvalue weighted by atomic mass is 16.6. The Morgan fingerprint density at radius 2 is 1.59 bits per heavy atom. The third kappa shape index (κ3) is 3.35. The number of carbonyl (C=O) groups is 2. The number of fused-ring (bicyclic) bond motifs is 1. The lowest BCUT2D eigenvalue weighted by atomic mass is 9.85. The van der Waals surface area contributed by atoms with Gasteiger partial charge in [-0.3, -0.25) is 0 Å². The Morgan fingerprint density at radius 3 is 2.19 bits per heavy atom. The van der Waals surface area contributed by atoms with Crippen molar-refractivity contribution in [2.24, 2.45) is 0 Å². The average Bonchev–Trinajstić information content (AvgIpc) is 2.67. The number of benzene rings is 2. The summed E-state index contributed by atoms with van der Waals surface area (Å²) in [6.07, 6.45) is 0. The van der Waals surface area contributed by atoms with E-state index in [9.17, 15) is 9.59 Å². The van der Waals surface area contributed by atoms with Crippen molar-refractivity contribution in [2.75, 3.05) is 18.5 Å². The molecular formula is C21H23NO5. The fraction of sp³-hybridized carbons (Fsp3) is 0.333. The molecule has 6 nitrogen and oxygen atoms in total. The smallest absolute Gasteiger partial charge is 0.365 e. The van der Waals surface area contributed by atoms with Crippen molar-refractivity contribution in [3.8, 4) is 5.75 Å². The topological polar surface area (TPSA) is 73.9 Å². The van der Waals surface area contributed by atoms with Crippen molar-refractivity contribution in [3.63, 3.8) is 0 Å². The predicted octanol–water partition coefficient (Wildman–Crippen LogP) is 3.41. The lowest BCUT2D eigenvalue weighted by molar-refractivity contribution is -0.182. The average molecular weight is 369 g/mol. The molecule has 2 aromatic rings. The zero-order chi connectivity index (χ0) is 19.4. The molecule has 0 saturated heterocycles. The van der Waals surface area contributed by atoms with E-state index in [-0.39, 0.29) is 13.2 Å². The third-order valence-electron chi connectivity index (χ3n) is 4.43. The Balaban J connectivity index is 2.18. The molecule has 1 N–H and O–H groups in total. The summed E-state index contributed by atoms with van der Waals surface area (Å²) in [4.78, 5) is 26.0. The van der Waals surface area contributed by atoms with Crippen LogP contribution in [0.5, 0.6) is 5.75 Å². The van der Waals surface area contributed by atoms with Crippen LogP contribution in [0.3, 0.4) is 0 Å². The molecule has 0 fully saturated rings. The second-order valence-electron chi connectivity index (χ2n) is 6.26. The van der Waals surface area contributed by atoms with E-state index in [1.807, 2.05) is 43.3 Å². The molecule has 1 aliphatic rings. The fourth-order valence-corrected chi connectivity index (χ4v) is 3.12. The summed E-state index contributed by atoms with van der Waals surface area (Å²) in [6.45, 7) is 5.56. The number of carbonyl (C=O) groups excluding carboxylic acids is 2. The van der Waals surface area contributed by atoms with Crippen LogP contribution in [-0.4, -0.2) is 30.8 Å². The normalized spacial score (nSPS) is 17.1. The highest BCUT2D eigenvalue weighted by Crippen LogP contribution is 2.44. The van der Waals surface area contributed by atoms with E-state index in [4.69, 9.17) is 14.2 Å². The Labute approximate surface area is 158 Å². The quantitative estimate of drug-likeness (QED) is 0.643. The van der Waals surface area contributed by atoms with Gasteiger partial charge in [0.2, 0.25) is 0 Å². The van der Waals surface area contributed by atoms with E-state index in [1.54, 1.807) is 26.0 Å². The van der Waals surface area contributed by atoms with Crippen molar-refractivity contribution >= 4 is 17.6 Å². The molecule has 0 aromatic heterocycles. The van der Waals surface area contributed by atoms with Gasteiger partial charge in [0.05, 0.1) is 18.9 Å². The molecule has 0 spiro atoms. The number of rotatable bonds is 5. The first-order valence-electron chi connectivity index (χ1n) is 8.98. The highest BCUT2D eigenvalue weighted by molar-refractivity contribution is 6.06. The monoisotopic (exact) mass is 369 g/mol. The van der Waals surface area contributed by atoms with E-state index >= 15 is 0 Å².